The normalized spacial score (nSPS) is 4.50. The average molecular weight is 240 g/mol. The first-order chi connectivity index (χ1) is 1.73. The molecule has 0 amide bonds. The average Bonchev–Trinajstić information content (AvgIpc) is 0.811. The van der Waals surface area contributed by atoms with Crippen LogP contribution in [0.3, 0.4) is 0 Å². The van der Waals surface area contributed by atoms with E-state index >= 15 is 0 Å². The van der Waals surface area contributed by atoms with E-state index in [0.29, 0.717) is 0 Å². The molecule has 3 N–H and O–H groups in total. The van der Waals surface area contributed by atoms with Gasteiger partial charge in [-0.15, -0.1) is 0 Å². The van der Waals surface area contributed by atoms with Crippen molar-refractivity contribution in [2.24, 2.45) is 0 Å². The topological polar surface area (TPSA) is 60.7 Å². The van der Waals surface area contributed by atoms with Crippen LogP contribution in [-0.2, 0) is 46.8 Å². The molecule has 0 rings (SSSR count). The molecule has 0 saturated heterocycles. The fourth-order valence-electron chi connectivity index (χ4n) is 0. The Bertz CT molecular complexity index is 15.5. The molecule has 3 nitrogen and oxygen atoms in total. The number of hydrogen-bond acceptors (Lipinski definition) is 3. The Morgan fingerprint density at radius 3 is 1.00 bits per heavy atom. The molecule has 0 aliphatic rings. The van der Waals surface area contributed by atoms with Crippen molar-refractivity contribution >= 4 is 7.32 Å². The standard InChI is InChI=1S/BH3O3.Cd.Zn/c2-1(3)4;;/h2-4H;;. The van der Waals surface area contributed by atoms with Gasteiger partial charge in [-0.3, -0.25) is 0 Å². The summed E-state index contributed by atoms with van der Waals surface area (Å²) < 4.78 is 0. The third-order valence-electron chi connectivity index (χ3n) is 0. The molecule has 0 saturated carbocycles. The second kappa shape index (κ2) is 9.70. The third-order valence-corrected chi connectivity index (χ3v) is 0. The largest absolute Gasteiger partial charge is 0.631 e. The van der Waals surface area contributed by atoms with Gasteiger partial charge in [0.2, 0.25) is 0 Å². The van der Waals surface area contributed by atoms with E-state index in [-0.39, 0.29) is 46.8 Å². The summed E-state index contributed by atoms with van der Waals surface area (Å²) >= 11 is 0. The molecule has 28 valence electrons. The summed E-state index contributed by atoms with van der Waals surface area (Å²) in [6.45, 7) is 0. The Morgan fingerprint density at radius 1 is 1.00 bits per heavy atom. The predicted molar refractivity (Wildman–Crippen MR) is 12.4 cm³/mol. The Labute approximate surface area is 68.9 Å². The molecule has 0 spiro atoms. The molecule has 0 aliphatic heterocycles. The summed E-state index contributed by atoms with van der Waals surface area (Å²) in [4.78, 5) is 0. The van der Waals surface area contributed by atoms with Crippen molar-refractivity contribution in [3.8, 4) is 0 Å². The monoisotopic (exact) mass is 240 g/mol. The van der Waals surface area contributed by atoms with Crippen LogP contribution in [0.25, 0.3) is 0 Å². The second-order valence-electron chi connectivity index (χ2n) is 0.346. The van der Waals surface area contributed by atoms with Crippen molar-refractivity contribution in [1.29, 1.82) is 0 Å². The van der Waals surface area contributed by atoms with E-state index < -0.39 is 7.32 Å². The zero-order valence-corrected chi connectivity index (χ0v) is 10.3. The maximum absolute atomic E-state index is 7.17. The fourth-order valence-corrected chi connectivity index (χ4v) is 0. The van der Waals surface area contributed by atoms with Crippen LogP contribution < -0.4 is 0 Å². The first kappa shape index (κ1) is 15.6. The SMILES string of the molecule is OB(O)O.[Cd].[Zn]. The molecule has 0 aromatic heterocycles. The quantitative estimate of drug-likeness (QED) is 0.426. The summed E-state index contributed by atoms with van der Waals surface area (Å²) in [5.41, 5.74) is 0. The van der Waals surface area contributed by atoms with Gasteiger partial charge < -0.3 is 15.1 Å². The van der Waals surface area contributed by atoms with Gasteiger partial charge in [0, 0.05) is 46.8 Å². The summed E-state index contributed by atoms with van der Waals surface area (Å²) in [7, 11) is -2.17. The van der Waals surface area contributed by atoms with Gasteiger partial charge in [-0.2, -0.15) is 0 Å². The van der Waals surface area contributed by atoms with Gasteiger partial charge in [0.15, 0.2) is 0 Å². The van der Waals surface area contributed by atoms with Crippen molar-refractivity contribution < 1.29 is 61.8 Å². The van der Waals surface area contributed by atoms with Gasteiger partial charge in [0.1, 0.15) is 0 Å². The zero-order valence-electron chi connectivity index (χ0n) is 3.33. The van der Waals surface area contributed by atoms with Gasteiger partial charge in [-0.05, 0) is 0 Å². The predicted octanol–water partition coefficient (Wildman–Crippen LogP) is -2.06. The molecule has 0 heterocycles. The Morgan fingerprint density at radius 2 is 1.00 bits per heavy atom. The number of rotatable bonds is 0. The van der Waals surface area contributed by atoms with E-state index in [2.05, 4.69) is 0 Å². The minimum atomic E-state index is -2.17. The second-order valence-corrected chi connectivity index (χ2v) is 0.346. The summed E-state index contributed by atoms with van der Waals surface area (Å²) in [6.07, 6.45) is 0. The van der Waals surface area contributed by atoms with Gasteiger partial charge in [-0.1, -0.05) is 0 Å². The van der Waals surface area contributed by atoms with Gasteiger partial charge >= 0.3 is 7.32 Å². The summed E-state index contributed by atoms with van der Waals surface area (Å²) in [5.74, 6) is 0. The van der Waals surface area contributed by atoms with E-state index in [1.165, 1.54) is 0 Å². The van der Waals surface area contributed by atoms with Crippen LogP contribution >= 0.6 is 0 Å². The van der Waals surface area contributed by atoms with Crippen molar-refractivity contribution in [2.45, 2.75) is 0 Å². The van der Waals surface area contributed by atoms with Crippen LogP contribution in [0.4, 0.5) is 0 Å². The molecular formula is H3BCdO3Zn. The van der Waals surface area contributed by atoms with Crippen molar-refractivity contribution in [3.05, 3.63) is 0 Å². The first-order valence-electron chi connectivity index (χ1n) is 0.775. The van der Waals surface area contributed by atoms with Crippen LogP contribution in [0, 0.1) is 0 Å². The van der Waals surface area contributed by atoms with Crippen molar-refractivity contribution in [1.82, 2.24) is 0 Å². The minimum Gasteiger partial charge on any atom is -0.402 e. The van der Waals surface area contributed by atoms with Crippen molar-refractivity contribution in [3.63, 3.8) is 0 Å². The van der Waals surface area contributed by atoms with Crippen LogP contribution in [-0.4, -0.2) is 22.4 Å². The molecule has 0 bridgehead atoms. The molecule has 6 heavy (non-hydrogen) atoms. The number of hydrogen-bond donors (Lipinski definition) is 3. The van der Waals surface area contributed by atoms with Crippen molar-refractivity contribution in [2.75, 3.05) is 0 Å². The van der Waals surface area contributed by atoms with Gasteiger partial charge in [0.25, 0.3) is 0 Å². The van der Waals surface area contributed by atoms with E-state index in [9.17, 15) is 0 Å². The smallest absolute Gasteiger partial charge is 0.402 e. The third kappa shape index (κ3) is 49.8. The van der Waals surface area contributed by atoms with Crippen LogP contribution in [0.2, 0.25) is 0 Å². The van der Waals surface area contributed by atoms with Crippen LogP contribution in [0.15, 0.2) is 0 Å². The molecule has 0 aromatic rings. The molecule has 0 unspecified atom stereocenters. The minimum absolute atomic E-state index is 0. The van der Waals surface area contributed by atoms with E-state index in [4.69, 9.17) is 15.1 Å². The van der Waals surface area contributed by atoms with E-state index in [1.54, 1.807) is 0 Å². The molecule has 0 aromatic carbocycles. The molecule has 0 aliphatic carbocycles. The molecule has 0 fully saturated rings. The summed E-state index contributed by atoms with van der Waals surface area (Å²) in [6, 6.07) is 0. The summed E-state index contributed by atoms with van der Waals surface area (Å²) in [5, 5.41) is 21.5. The van der Waals surface area contributed by atoms with Gasteiger partial charge in [0.05, 0.1) is 0 Å². The van der Waals surface area contributed by atoms with E-state index in [0.717, 1.165) is 0 Å². The Balaban J connectivity index is -0.0000000450. The Kier molecular flexibility index (Phi) is 25.3. The molecule has 0 atom stereocenters. The molecule has 6 heteroatoms. The maximum Gasteiger partial charge on any atom is 0.631 e. The fraction of sp³-hybridized carbons (Fsp3) is 0. The Hall–Kier alpha value is 1.49. The van der Waals surface area contributed by atoms with E-state index in [1.807, 2.05) is 0 Å². The van der Waals surface area contributed by atoms with Crippen LogP contribution in [0.5, 0.6) is 0 Å². The van der Waals surface area contributed by atoms with Crippen LogP contribution in [0.1, 0.15) is 0 Å². The van der Waals surface area contributed by atoms with Gasteiger partial charge in [-0.25, -0.2) is 0 Å². The molecule has 0 radical (unpaired) electrons. The maximum atomic E-state index is 7.17. The molecular weight excluding hydrogens is 237 g/mol. The zero-order chi connectivity index (χ0) is 3.58. The first-order valence-corrected chi connectivity index (χ1v) is 0.775.